The van der Waals surface area contributed by atoms with Gasteiger partial charge in [0.25, 0.3) is 0 Å². The lowest BCUT2D eigenvalue weighted by Crippen LogP contribution is -2.08. The van der Waals surface area contributed by atoms with Crippen molar-refractivity contribution in [3.05, 3.63) is 62.3 Å². The summed E-state index contributed by atoms with van der Waals surface area (Å²) in [5.74, 6) is -0.237. The van der Waals surface area contributed by atoms with Gasteiger partial charge in [0.2, 0.25) is 0 Å². The Morgan fingerprint density at radius 3 is 2.58 bits per heavy atom. The lowest BCUT2D eigenvalue weighted by Gasteiger charge is -2.19. The van der Waals surface area contributed by atoms with Gasteiger partial charge < -0.3 is 5.32 Å². The van der Waals surface area contributed by atoms with Crippen LogP contribution in [0.15, 0.2) is 45.3 Å². The first-order valence-corrected chi connectivity index (χ1v) is 7.54. The number of nitrogens with one attached hydrogen (secondary N) is 1. The average molecular weight is 387 g/mol. The molecule has 1 unspecified atom stereocenters. The summed E-state index contributed by atoms with van der Waals surface area (Å²) in [6.07, 6.45) is 0. The van der Waals surface area contributed by atoms with E-state index in [0.29, 0.717) is 0 Å². The van der Waals surface area contributed by atoms with E-state index in [1.54, 1.807) is 6.07 Å². The van der Waals surface area contributed by atoms with E-state index in [4.69, 9.17) is 0 Å². The first-order valence-electron chi connectivity index (χ1n) is 5.95. The maximum Gasteiger partial charge on any atom is 0.124 e. The highest BCUT2D eigenvalue weighted by molar-refractivity contribution is 9.11. The van der Waals surface area contributed by atoms with Crippen LogP contribution in [-0.4, -0.2) is 0 Å². The van der Waals surface area contributed by atoms with Gasteiger partial charge in [-0.1, -0.05) is 34.1 Å². The van der Waals surface area contributed by atoms with E-state index in [9.17, 15) is 4.39 Å². The fourth-order valence-electron chi connectivity index (χ4n) is 1.92. The van der Waals surface area contributed by atoms with Crippen molar-refractivity contribution in [3.63, 3.8) is 0 Å². The second kappa shape index (κ2) is 6.06. The highest BCUT2D eigenvalue weighted by atomic mass is 79.9. The monoisotopic (exact) mass is 385 g/mol. The Bertz CT molecular complexity index is 599. The molecule has 0 radical (unpaired) electrons. The lowest BCUT2D eigenvalue weighted by atomic mass is 10.1. The minimum absolute atomic E-state index is 0.0769. The van der Waals surface area contributed by atoms with Crippen LogP contribution < -0.4 is 5.32 Å². The molecule has 2 aromatic rings. The van der Waals surface area contributed by atoms with Crippen LogP contribution >= 0.6 is 31.9 Å². The van der Waals surface area contributed by atoms with Crippen molar-refractivity contribution >= 4 is 37.5 Å². The topological polar surface area (TPSA) is 12.0 Å². The quantitative estimate of drug-likeness (QED) is 0.699. The van der Waals surface area contributed by atoms with Crippen molar-refractivity contribution in [2.75, 3.05) is 5.32 Å². The molecule has 0 fully saturated rings. The van der Waals surface area contributed by atoms with Gasteiger partial charge in [0.05, 0.1) is 0 Å². The molecule has 1 nitrogen and oxygen atoms in total. The van der Waals surface area contributed by atoms with Gasteiger partial charge in [-0.15, -0.1) is 0 Å². The molecule has 4 heteroatoms. The number of rotatable bonds is 3. The molecule has 0 saturated carbocycles. The second-order valence-electron chi connectivity index (χ2n) is 4.47. The summed E-state index contributed by atoms with van der Waals surface area (Å²) in [6.45, 7) is 4.10. The van der Waals surface area contributed by atoms with Crippen LogP contribution in [0, 0.1) is 12.7 Å². The molecule has 0 amide bonds. The predicted molar refractivity (Wildman–Crippen MR) is 85.0 cm³/mol. The van der Waals surface area contributed by atoms with Gasteiger partial charge in [-0.3, -0.25) is 0 Å². The fraction of sp³-hybridized carbons (Fsp3) is 0.200. The molecule has 0 aromatic heterocycles. The van der Waals surface area contributed by atoms with Crippen molar-refractivity contribution in [2.45, 2.75) is 19.9 Å². The molecule has 0 aliphatic rings. The first-order chi connectivity index (χ1) is 8.99. The Balaban J connectivity index is 2.25. The van der Waals surface area contributed by atoms with E-state index < -0.39 is 0 Å². The fourth-order valence-corrected chi connectivity index (χ4v) is 3.00. The molecule has 0 heterocycles. The lowest BCUT2D eigenvalue weighted by molar-refractivity contribution is 0.625. The molecular weight excluding hydrogens is 373 g/mol. The van der Waals surface area contributed by atoms with Crippen LogP contribution in [0.5, 0.6) is 0 Å². The van der Waals surface area contributed by atoms with E-state index in [0.717, 1.165) is 20.2 Å². The van der Waals surface area contributed by atoms with E-state index in [2.05, 4.69) is 37.2 Å². The van der Waals surface area contributed by atoms with Crippen LogP contribution in [0.1, 0.15) is 24.1 Å². The molecule has 0 aliphatic heterocycles. The molecule has 0 spiro atoms. The van der Waals surface area contributed by atoms with Gasteiger partial charge in [0, 0.05) is 20.7 Å². The summed E-state index contributed by atoms with van der Waals surface area (Å²) in [5, 5.41) is 3.43. The Labute approximate surface area is 129 Å². The van der Waals surface area contributed by atoms with Gasteiger partial charge in [-0.2, -0.15) is 0 Å². The third-order valence-corrected chi connectivity index (χ3v) is 4.73. The van der Waals surface area contributed by atoms with Gasteiger partial charge >= 0.3 is 0 Å². The van der Waals surface area contributed by atoms with Crippen molar-refractivity contribution in [3.8, 4) is 0 Å². The minimum atomic E-state index is -0.237. The zero-order valence-electron chi connectivity index (χ0n) is 10.7. The zero-order chi connectivity index (χ0) is 14.0. The van der Waals surface area contributed by atoms with E-state index in [1.165, 1.54) is 17.7 Å². The Morgan fingerprint density at radius 1 is 1.16 bits per heavy atom. The summed E-state index contributed by atoms with van der Waals surface area (Å²) >= 11 is 6.98. The first kappa shape index (κ1) is 14.5. The van der Waals surface area contributed by atoms with Gasteiger partial charge in [-0.05, 0) is 59.1 Å². The van der Waals surface area contributed by atoms with Gasteiger partial charge in [-0.25, -0.2) is 4.39 Å². The number of benzene rings is 2. The zero-order valence-corrected chi connectivity index (χ0v) is 13.8. The molecule has 19 heavy (non-hydrogen) atoms. The number of aryl methyl sites for hydroxylation is 1. The van der Waals surface area contributed by atoms with Gasteiger partial charge in [0.1, 0.15) is 5.82 Å². The standard InChI is InChI=1S/C15H14Br2FN/c1-9-4-3-5-14(15(9)17)19-10(2)12-7-6-11(18)8-13(12)16/h3-8,10,19H,1-2H3. The van der Waals surface area contributed by atoms with Crippen molar-refractivity contribution in [1.82, 2.24) is 0 Å². The summed E-state index contributed by atoms with van der Waals surface area (Å²) in [6, 6.07) is 10.9. The largest absolute Gasteiger partial charge is 0.378 e. The normalized spacial score (nSPS) is 12.3. The smallest absolute Gasteiger partial charge is 0.124 e. The highest BCUT2D eigenvalue weighted by Crippen LogP contribution is 2.31. The molecule has 0 bridgehead atoms. The van der Waals surface area contributed by atoms with Crippen molar-refractivity contribution in [2.24, 2.45) is 0 Å². The number of anilines is 1. The van der Waals surface area contributed by atoms with Gasteiger partial charge in [0.15, 0.2) is 0 Å². The number of hydrogen-bond acceptors (Lipinski definition) is 1. The molecule has 0 saturated heterocycles. The van der Waals surface area contributed by atoms with Crippen LogP contribution in [0.25, 0.3) is 0 Å². The second-order valence-corrected chi connectivity index (χ2v) is 6.12. The summed E-state index contributed by atoms with van der Waals surface area (Å²) < 4.78 is 14.9. The van der Waals surface area contributed by atoms with Crippen LogP contribution in [0.4, 0.5) is 10.1 Å². The maximum absolute atomic E-state index is 13.1. The summed E-state index contributed by atoms with van der Waals surface area (Å²) in [7, 11) is 0. The third-order valence-electron chi connectivity index (χ3n) is 2.99. The summed E-state index contributed by atoms with van der Waals surface area (Å²) in [4.78, 5) is 0. The number of halogens is 3. The minimum Gasteiger partial charge on any atom is -0.378 e. The van der Waals surface area contributed by atoms with Crippen molar-refractivity contribution in [1.29, 1.82) is 0 Å². The van der Waals surface area contributed by atoms with E-state index in [-0.39, 0.29) is 11.9 Å². The molecule has 100 valence electrons. The molecular formula is C15H14Br2FN. The molecule has 2 rings (SSSR count). The van der Waals surface area contributed by atoms with E-state index in [1.807, 2.05) is 32.0 Å². The van der Waals surface area contributed by atoms with Crippen LogP contribution in [-0.2, 0) is 0 Å². The van der Waals surface area contributed by atoms with E-state index >= 15 is 0 Å². The van der Waals surface area contributed by atoms with Crippen LogP contribution in [0.3, 0.4) is 0 Å². The third kappa shape index (κ3) is 3.37. The average Bonchev–Trinajstić information content (AvgIpc) is 2.34. The Hall–Kier alpha value is -0.870. The highest BCUT2D eigenvalue weighted by Gasteiger charge is 2.12. The van der Waals surface area contributed by atoms with Crippen molar-refractivity contribution < 1.29 is 4.39 Å². The maximum atomic E-state index is 13.1. The predicted octanol–water partition coefficient (Wildman–Crippen LogP) is 5.83. The SMILES string of the molecule is Cc1cccc(NC(C)c2ccc(F)cc2Br)c1Br. The number of hydrogen-bond donors (Lipinski definition) is 1. The molecule has 0 aliphatic carbocycles. The Kier molecular flexibility index (Phi) is 4.63. The van der Waals surface area contributed by atoms with Crippen LogP contribution in [0.2, 0.25) is 0 Å². The molecule has 1 N–H and O–H groups in total. The molecule has 2 aromatic carbocycles. The molecule has 1 atom stereocenters. The Morgan fingerprint density at radius 2 is 1.89 bits per heavy atom. The summed E-state index contributed by atoms with van der Waals surface area (Å²) in [5.41, 5.74) is 3.23.